The maximum Gasteiger partial charge on any atom is 0.145 e. The van der Waals surface area contributed by atoms with Gasteiger partial charge in [-0.05, 0) is 57.4 Å². The molecule has 88 valence electrons. The van der Waals surface area contributed by atoms with Gasteiger partial charge in [0.2, 0.25) is 0 Å². The molecule has 0 aromatic rings. The molecule has 0 saturated heterocycles. The normalized spacial score (nSPS) is 23.0. The van der Waals surface area contributed by atoms with Crippen molar-refractivity contribution in [2.45, 2.75) is 46.0 Å². The van der Waals surface area contributed by atoms with Gasteiger partial charge in [0.15, 0.2) is 0 Å². The maximum atomic E-state index is 10.8. The van der Waals surface area contributed by atoms with Crippen molar-refractivity contribution in [2.75, 3.05) is 0 Å². The van der Waals surface area contributed by atoms with Crippen LogP contribution in [0.2, 0.25) is 0 Å². The molecule has 16 heavy (non-hydrogen) atoms. The van der Waals surface area contributed by atoms with E-state index >= 15 is 0 Å². The molecule has 0 N–H and O–H groups in total. The van der Waals surface area contributed by atoms with Crippen LogP contribution in [0.25, 0.3) is 0 Å². The lowest BCUT2D eigenvalue weighted by Crippen LogP contribution is -2.05. The standard InChI is InChI=1S/C15H22O/c1-12-5-4-6-13(2)8-10-15(9-7-12)14(3)11-16/h5,8,11,15H,3-4,6-7,9-10H2,1-2H3. The Morgan fingerprint density at radius 1 is 1.31 bits per heavy atom. The zero-order valence-electron chi connectivity index (χ0n) is 10.5. The fourth-order valence-corrected chi connectivity index (χ4v) is 2.05. The van der Waals surface area contributed by atoms with Gasteiger partial charge in [-0.2, -0.15) is 0 Å². The summed E-state index contributed by atoms with van der Waals surface area (Å²) in [6.07, 6.45) is 10.9. The van der Waals surface area contributed by atoms with E-state index in [4.69, 9.17) is 0 Å². The predicted octanol–water partition coefficient (Wildman–Crippen LogP) is 4.21. The Labute approximate surface area is 98.9 Å². The second-order valence-corrected chi connectivity index (χ2v) is 4.80. The highest BCUT2D eigenvalue weighted by atomic mass is 16.1. The molecule has 0 amide bonds. The largest absolute Gasteiger partial charge is 0.298 e. The van der Waals surface area contributed by atoms with Gasteiger partial charge in [-0.3, -0.25) is 4.79 Å². The van der Waals surface area contributed by atoms with E-state index in [9.17, 15) is 4.79 Å². The molecule has 1 rings (SSSR count). The van der Waals surface area contributed by atoms with Crippen molar-refractivity contribution in [2.24, 2.45) is 5.92 Å². The monoisotopic (exact) mass is 218 g/mol. The summed E-state index contributed by atoms with van der Waals surface area (Å²) >= 11 is 0. The van der Waals surface area contributed by atoms with Crippen LogP contribution in [0.1, 0.15) is 46.0 Å². The third kappa shape index (κ3) is 4.18. The molecule has 1 unspecified atom stereocenters. The fourth-order valence-electron chi connectivity index (χ4n) is 2.05. The molecule has 0 heterocycles. The molecule has 1 aliphatic rings. The molecule has 0 fully saturated rings. The summed E-state index contributed by atoms with van der Waals surface area (Å²) in [6, 6.07) is 0. The molecule has 1 heteroatoms. The van der Waals surface area contributed by atoms with Crippen LogP contribution in [-0.2, 0) is 4.79 Å². The lowest BCUT2D eigenvalue weighted by Gasteiger charge is -2.16. The molecule has 0 radical (unpaired) electrons. The van der Waals surface area contributed by atoms with Crippen LogP contribution >= 0.6 is 0 Å². The minimum absolute atomic E-state index is 0.328. The Balaban J connectivity index is 2.74. The molecular weight excluding hydrogens is 196 g/mol. The van der Waals surface area contributed by atoms with Gasteiger partial charge >= 0.3 is 0 Å². The summed E-state index contributed by atoms with van der Waals surface area (Å²) in [6.45, 7) is 8.21. The van der Waals surface area contributed by atoms with Crippen molar-refractivity contribution in [3.8, 4) is 0 Å². The summed E-state index contributed by atoms with van der Waals surface area (Å²) in [4.78, 5) is 10.8. The zero-order valence-corrected chi connectivity index (χ0v) is 10.5. The van der Waals surface area contributed by atoms with Gasteiger partial charge in [0.1, 0.15) is 6.29 Å². The first-order valence-corrected chi connectivity index (χ1v) is 6.08. The first-order valence-electron chi connectivity index (χ1n) is 6.08. The van der Waals surface area contributed by atoms with Crippen LogP contribution in [-0.4, -0.2) is 6.29 Å². The molecule has 1 nitrogen and oxygen atoms in total. The number of aldehydes is 1. The van der Waals surface area contributed by atoms with Gasteiger partial charge in [0.25, 0.3) is 0 Å². The zero-order chi connectivity index (χ0) is 12.0. The second kappa shape index (κ2) is 6.47. The molecule has 0 spiro atoms. The Morgan fingerprint density at radius 3 is 2.69 bits per heavy atom. The minimum Gasteiger partial charge on any atom is -0.298 e. The summed E-state index contributed by atoms with van der Waals surface area (Å²) in [7, 11) is 0. The third-order valence-electron chi connectivity index (χ3n) is 3.35. The average Bonchev–Trinajstić information content (AvgIpc) is 2.28. The van der Waals surface area contributed by atoms with Gasteiger partial charge in [-0.15, -0.1) is 0 Å². The summed E-state index contributed by atoms with van der Waals surface area (Å²) in [5, 5.41) is 0. The highest BCUT2D eigenvalue weighted by Crippen LogP contribution is 2.24. The second-order valence-electron chi connectivity index (χ2n) is 4.80. The van der Waals surface area contributed by atoms with Gasteiger partial charge in [-0.1, -0.05) is 29.9 Å². The Morgan fingerprint density at radius 2 is 2.00 bits per heavy atom. The molecule has 1 aliphatic carbocycles. The topological polar surface area (TPSA) is 17.1 Å². The van der Waals surface area contributed by atoms with Gasteiger partial charge < -0.3 is 0 Å². The first kappa shape index (κ1) is 13.0. The van der Waals surface area contributed by atoms with E-state index in [1.165, 1.54) is 11.1 Å². The summed E-state index contributed by atoms with van der Waals surface area (Å²) in [5.74, 6) is 0.328. The van der Waals surface area contributed by atoms with E-state index in [1.807, 2.05) is 0 Å². The molecule has 0 bridgehead atoms. The van der Waals surface area contributed by atoms with E-state index in [1.54, 1.807) is 0 Å². The van der Waals surface area contributed by atoms with Crippen LogP contribution in [0.3, 0.4) is 0 Å². The SMILES string of the molecule is C=C(C=O)C1CC=C(C)CCC=C(C)CC1. The van der Waals surface area contributed by atoms with Crippen LogP contribution in [0.15, 0.2) is 35.5 Å². The Kier molecular flexibility index (Phi) is 5.24. The van der Waals surface area contributed by atoms with Crippen molar-refractivity contribution >= 4 is 6.29 Å². The Bertz CT molecular complexity index is 320. The quantitative estimate of drug-likeness (QED) is 0.385. The van der Waals surface area contributed by atoms with E-state index in [0.717, 1.165) is 44.0 Å². The van der Waals surface area contributed by atoms with Gasteiger partial charge in [0.05, 0.1) is 0 Å². The minimum atomic E-state index is 0.328. The number of allylic oxidation sites excluding steroid dienone is 5. The lowest BCUT2D eigenvalue weighted by molar-refractivity contribution is -0.105. The Hall–Kier alpha value is -1.11. The number of rotatable bonds is 2. The number of carbonyl (C=O) groups excluding carboxylic acids is 1. The fraction of sp³-hybridized carbons (Fsp3) is 0.533. The molecule has 0 aliphatic heterocycles. The molecule has 0 aromatic heterocycles. The maximum absolute atomic E-state index is 10.8. The van der Waals surface area contributed by atoms with E-state index < -0.39 is 0 Å². The molecule has 0 saturated carbocycles. The van der Waals surface area contributed by atoms with Crippen LogP contribution < -0.4 is 0 Å². The predicted molar refractivity (Wildman–Crippen MR) is 69.3 cm³/mol. The highest BCUT2D eigenvalue weighted by molar-refractivity contribution is 5.72. The van der Waals surface area contributed by atoms with E-state index in [2.05, 4.69) is 32.6 Å². The van der Waals surface area contributed by atoms with E-state index in [-0.39, 0.29) is 0 Å². The van der Waals surface area contributed by atoms with Crippen molar-refractivity contribution in [3.05, 3.63) is 35.5 Å². The van der Waals surface area contributed by atoms with Crippen molar-refractivity contribution in [1.29, 1.82) is 0 Å². The molecule has 1 atom stereocenters. The summed E-state index contributed by atoms with van der Waals surface area (Å²) in [5.41, 5.74) is 3.62. The molecular formula is C15H22O. The van der Waals surface area contributed by atoms with Gasteiger partial charge in [0, 0.05) is 0 Å². The number of hydrogen-bond donors (Lipinski definition) is 0. The average molecular weight is 218 g/mol. The van der Waals surface area contributed by atoms with Crippen LogP contribution in [0, 0.1) is 5.92 Å². The smallest absolute Gasteiger partial charge is 0.145 e. The van der Waals surface area contributed by atoms with Crippen LogP contribution in [0.4, 0.5) is 0 Å². The third-order valence-corrected chi connectivity index (χ3v) is 3.35. The van der Waals surface area contributed by atoms with Crippen LogP contribution in [0.5, 0.6) is 0 Å². The van der Waals surface area contributed by atoms with E-state index in [0.29, 0.717) is 5.92 Å². The van der Waals surface area contributed by atoms with Crippen molar-refractivity contribution in [1.82, 2.24) is 0 Å². The lowest BCUT2D eigenvalue weighted by atomic mass is 9.89. The van der Waals surface area contributed by atoms with Gasteiger partial charge in [-0.25, -0.2) is 0 Å². The summed E-state index contributed by atoms with van der Waals surface area (Å²) < 4.78 is 0. The van der Waals surface area contributed by atoms with Crippen molar-refractivity contribution < 1.29 is 4.79 Å². The first-order chi connectivity index (χ1) is 7.63. The van der Waals surface area contributed by atoms with Crippen molar-refractivity contribution in [3.63, 3.8) is 0 Å². The highest BCUT2D eigenvalue weighted by Gasteiger charge is 2.12. The number of hydrogen-bond acceptors (Lipinski definition) is 1. The molecule has 0 aromatic carbocycles. The number of carbonyl (C=O) groups is 1.